The lowest BCUT2D eigenvalue weighted by Crippen LogP contribution is -2.05. The summed E-state index contributed by atoms with van der Waals surface area (Å²) in [6.45, 7) is 0.237. The van der Waals surface area contributed by atoms with Crippen LogP contribution in [0.25, 0.3) is 0 Å². The molecule has 0 aliphatic carbocycles. The molecule has 0 aliphatic rings. The zero-order valence-electron chi connectivity index (χ0n) is 9.59. The van der Waals surface area contributed by atoms with Crippen LogP contribution in [0.5, 0.6) is 0 Å². The summed E-state index contributed by atoms with van der Waals surface area (Å²) >= 11 is 0. The summed E-state index contributed by atoms with van der Waals surface area (Å²) in [6.07, 6.45) is 3.38. The van der Waals surface area contributed by atoms with E-state index >= 15 is 0 Å². The molecule has 4 heteroatoms. The summed E-state index contributed by atoms with van der Waals surface area (Å²) in [5, 5.41) is 0. The Morgan fingerprint density at radius 1 is 1.24 bits per heavy atom. The summed E-state index contributed by atoms with van der Waals surface area (Å²) in [5.41, 5.74) is 0.518. The van der Waals surface area contributed by atoms with Crippen molar-refractivity contribution in [2.75, 3.05) is 13.7 Å². The molecule has 0 N–H and O–H groups in total. The van der Waals surface area contributed by atoms with Crippen molar-refractivity contribution >= 4 is 11.9 Å². The van der Waals surface area contributed by atoms with Crippen molar-refractivity contribution in [3.8, 4) is 0 Å². The Bertz CT molecular complexity index is 395. The highest BCUT2D eigenvalue weighted by Gasteiger charge is 2.04. The lowest BCUT2D eigenvalue weighted by atomic mass is 10.2. The quantitative estimate of drug-likeness (QED) is 0.444. The van der Waals surface area contributed by atoms with Crippen LogP contribution in [0.15, 0.2) is 42.5 Å². The molecule has 1 aromatic carbocycles. The third-order valence-corrected chi connectivity index (χ3v) is 1.98. The molecule has 0 aromatic heterocycles. The number of carbonyl (C=O) groups is 2. The van der Waals surface area contributed by atoms with Gasteiger partial charge < -0.3 is 9.47 Å². The standard InChI is InChI=1S/C13H14O4/c1-16-12(14)9-5-6-10-17-13(15)11-7-3-2-4-8-11/h2-5,7-9H,6,10H2,1H3/b9-5+. The second kappa shape index (κ2) is 7.22. The molecule has 0 bridgehead atoms. The average Bonchev–Trinajstić information content (AvgIpc) is 2.38. The Labute approximate surface area is 99.8 Å². The third-order valence-electron chi connectivity index (χ3n) is 1.98. The lowest BCUT2D eigenvalue weighted by Gasteiger charge is -2.02. The minimum absolute atomic E-state index is 0.237. The fourth-order valence-electron chi connectivity index (χ4n) is 1.12. The van der Waals surface area contributed by atoms with E-state index in [4.69, 9.17) is 4.74 Å². The van der Waals surface area contributed by atoms with Gasteiger partial charge in [0.15, 0.2) is 0 Å². The van der Waals surface area contributed by atoms with E-state index in [2.05, 4.69) is 4.74 Å². The molecule has 1 aromatic rings. The van der Waals surface area contributed by atoms with Gasteiger partial charge in [-0.3, -0.25) is 0 Å². The maximum Gasteiger partial charge on any atom is 0.338 e. The van der Waals surface area contributed by atoms with E-state index in [1.165, 1.54) is 13.2 Å². The van der Waals surface area contributed by atoms with E-state index < -0.39 is 5.97 Å². The topological polar surface area (TPSA) is 52.6 Å². The Morgan fingerprint density at radius 3 is 2.59 bits per heavy atom. The van der Waals surface area contributed by atoms with Gasteiger partial charge in [-0.2, -0.15) is 0 Å². The number of ether oxygens (including phenoxy) is 2. The van der Waals surface area contributed by atoms with Gasteiger partial charge in [-0.15, -0.1) is 0 Å². The number of hydrogen-bond acceptors (Lipinski definition) is 4. The van der Waals surface area contributed by atoms with Crippen LogP contribution in [0, 0.1) is 0 Å². The van der Waals surface area contributed by atoms with Crippen molar-refractivity contribution in [1.82, 2.24) is 0 Å². The van der Waals surface area contributed by atoms with E-state index in [9.17, 15) is 9.59 Å². The normalized spacial score (nSPS) is 10.2. The summed E-state index contributed by atoms with van der Waals surface area (Å²) in [6, 6.07) is 8.75. The first-order chi connectivity index (χ1) is 8.24. The number of carbonyl (C=O) groups excluding carboxylic acids is 2. The maximum absolute atomic E-state index is 11.5. The summed E-state index contributed by atoms with van der Waals surface area (Å²) in [7, 11) is 1.31. The van der Waals surface area contributed by atoms with Gasteiger partial charge in [0, 0.05) is 12.5 Å². The lowest BCUT2D eigenvalue weighted by molar-refractivity contribution is -0.134. The SMILES string of the molecule is COC(=O)/C=C/CCOC(=O)c1ccccc1. The van der Waals surface area contributed by atoms with Crippen LogP contribution in [-0.2, 0) is 14.3 Å². The van der Waals surface area contributed by atoms with E-state index in [-0.39, 0.29) is 12.6 Å². The molecule has 0 unspecified atom stereocenters. The molecule has 17 heavy (non-hydrogen) atoms. The van der Waals surface area contributed by atoms with Gasteiger partial charge in [0.25, 0.3) is 0 Å². The van der Waals surface area contributed by atoms with Crippen LogP contribution in [0.2, 0.25) is 0 Å². The highest BCUT2D eigenvalue weighted by Crippen LogP contribution is 2.01. The number of benzene rings is 1. The van der Waals surface area contributed by atoms with Gasteiger partial charge in [0.1, 0.15) is 0 Å². The molecule has 0 saturated carbocycles. The molecule has 1 rings (SSSR count). The highest BCUT2D eigenvalue weighted by atomic mass is 16.5. The molecule has 90 valence electrons. The van der Waals surface area contributed by atoms with Crippen molar-refractivity contribution in [1.29, 1.82) is 0 Å². The zero-order chi connectivity index (χ0) is 12.5. The van der Waals surface area contributed by atoms with Crippen molar-refractivity contribution in [2.24, 2.45) is 0 Å². The maximum atomic E-state index is 11.5. The Hall–Kier alpha value is -2.10. The molecule has 0 atom stereocenters. The third kappa shape index (κ3) is 4.97. The van der Waals surface area contributed by atoms with Crippen molar-refractivity contribution in [3.05, 3.63) is 48.0 Å². The molecular formula is C13H14O4. The van der Waals surface area contributed by atoms with Crippen LogP contribution >= 0.6 is 0 Å². The van der Waals surface area contributed by atoms with Gasteiger partial charge in [-0.25, -0.2) is 9.59 Å². The predicted octanol–water partition coefficient (Wildman–Crippen LogP) is 1.96. The minimum atomic E-state index is -0.417. The number of hydrogen-bond donors (Lipinski definition) is 0. The molecule has 4 nitrogen and oxygen atoms in total. The second-order valence-electron chi connectivity index (χ2n) is 3.22. The molecule has 0 fully saturated rings. The molecule has 0 heterocycles. The van der Waals surface area contributed by atoms with Gasteiger partial charge in [-0.05, 0) is 12.1 Å². The fraction of sp³-hybridized carbons (Fsp3) is 0.231. The summed E-state index contributed by atoms with van der Waals surface area (Å²) in [4.78, 5) is 22.2. The fourth-order valence-corrected chi connectivity index (χ4v) is 1.12. The van der Waals surface area contributed by atoms with Crippen molar-refractivity contribution < 1.29 is 19.1 Å². The highest BCUT2D eigenvalue weighted by molar-refractivity contribution is 5.89. The number of methoxy groups -OCH3 is 1. The van der Waals surface area contributed by atoms with Crippen LogP contribution in [0.3, 0.4) is 0 Å². The van der Waals surface area contributed by atoms with E-state index in [0.29, 0.717) is 12.0 Å². The zero-order valence-corrected chi connectivity index (χ0v) is 9.59. The molecule has 0 saturated heterocycles. The van der Waals surface area contributed by atoms with Gasteiger partial charge >= 0.3 is 11.9 Å². The van der Waals surface area contributed by atoms with Crippen molar-refractivity contribution in [2.45, 2.75) is 6.42 Å². The first-order valence-electron chi connectivity index (χ1n) is 5.20. The monoisotopic (exact) mass is 234 g/mol. The Morgan fingerprint density at radius 2 is 1.94 bits per heavy atom. The van der Waals surface area contributed by atoms with Gasteiger partial charge in [-0.1, -0.05) is 24.3 Å². The molecule has 0 spiro atoms. The first kappa shape index (κ1) is 13.0. The summed E-state index contributed by atoms with van der Waals surface area (Å²) < 4.78 is 9.41. The Kier molecular flexibility index (Phi) is 5.51. The smallest absolute Gasteiger partial charge is 0.338 e. The van der Waals surface area contributed by atoms with E-state index in [1.807, 2.05) is 6.07 Å². The molecule has 0 radical (unpaired) electrons. The van der Waals surface area contributed by atoms with Crippen LogP contribution < -0.4 is 0 Å². The Balaban J connectivity index is 2.26. The van der Waals surface area contributed by atoms with Crippen LogP contribution in [-0.4, -0.2) is 25.7 Å². The van der Waals surface area contributed by atoms with Gasteiger partial charge in [0.05, 0.1) is 19.3 Å². The van der Waals surface area contributed by atoms with E-state index in [1.54, 1.807) is 30.3 Å². The number of esters is 2. The van der Waals surface area contributed by atoms with E-state index in [0.717, 1.165) is 0 Å². The van der Waals surface area contributed by atoms with Crippen LogP contribution in [0.1, 0.15) is 16.8 Å². The van der Waals surface area contributed by atoms with Gasteiger partial charge in [0.2, 0.25) is 0 Å². The van der Waals surface area contributed by atoms with Crippen molar-refractivity contribution in [3.63, 3.8) is 0 Å². The minimum Gasteiger partial charge on any atom is -0.466 e. The second-order valence-corrected chi connectivity index (χ2v) is 3.22. The predicted molar refractivity (Wildman–Crippen MR) is 62.5 cm³/mol. The molecule has 0 aliphatic heterocycles. The molecule has 0 amide bonds. The molecular weight excluding hydrogens is 220 g/mol. The average molecular weight is 234 g/mol. The largest absolute Gasteiger partial charge is 0.466 e. The van der Waals surface area contributed by atoms with Crippen LogP contribution in [0.4, 0.5) is 0 Å². The first-order valence-corrected chi connectivity index (χ1v) is 5.20. The number of rotatable bonds is 5. The summed E-state index contributed by atoms with van der Waals surface area (Å²) in [5.74, 6) is -0.781.